The quantitative estimate of drug-likeness (QED) is 0.819. The number of carbonyl (C=O) groups excluding carboxylic acids is 2. The maximum Gasteiger partial charge on any atom is 0.227 e. The number of anilines is 1. The van der Waals surface area contributed by atoms with Crippen LogP contribution >= 0.6 is 0 Å². The van der Waals surface area contributed by atoms with Crippen LogP contribution in [0.15, 0.2) is 54.6 Å². The maximum atomic E-state index is 12.6. The smallest absolute Gasteiger partial charge is 0.227 e. The molecule has 3 rings (SSSR count). The van der Waals surface area contributed by atoms with Crippen molar-refractivity contribution < 1.29 is 14.3 Å². The second kappa shape index (κ2) is 8.71. The molecule has 2 aromatic carbocycles. The molecular formula is C22H26N2O3. The van der Waals surface area contributed by atoms with Crippen molar-refractivity contribution in [1.29, 1.82) is 0 Å². The zero-order chi connectivity index (χ0) is 19.2. The van der Waals surface area contributed by atoms with Gasteiger partial charge in [0, 0.05) is 24.7 Å². The third-order valence-corrected chi connectivity index (χ3v) is 4.98. The molecule has 1 saturated heterocycles. The standard InChI is InChI=1S/C22H26N2O3/c1-16(8-9-17-6-4-3-5-7-17)23-22(26)18-14-21(25)24(15-18)19-10-12-20(27-2)13-11-19/h3-7,10-13,16,18H,8-9,14-15H2,1-2H3,(H,23,26)/t16-,18-/m1/s1. The lowest BCUT2D eigenvalue weighted by atomic mass is 10.0. The van der Waals surface area contributed by atoms with Crippen molar-refractivity contribution in [2.45, 2.75) is 32.2 Å². The molecule has 0 aliphatic carbocycles. The Morgan fingerprint density at radius 1 is 1.19 bits per heavy atom. The molecule has 1 aliphatic rings. The summed E-state index contributed by atoms with van der Waals surface area (Å²) in [6, 6.07) is 17.6. The minimum absolute atomic E-state index is 0.0164. The van der Waals surface area contributed by atoms with Gasteiger partial charge in [-0.15, -0.1) is 0 Å². The molecular weight excluding hydrogens is 340 g/mol. The summed E-state index contributed by atoms with van der Waals surface area (Å²) in [7, 11) is 1.61. The van der Waals surface area contributed by atoms with E-state index in [4.69, 9.17) is 4.74 Å². The molecule has 2 atom stereocenters. The van der Waals surface area contributed by atoms with Crippen molar-refractivity contribution in [2.24, 2.45) is 5.92 Å². The van der Waals surface area contributed by atoms with Crippen molar-refractivity contribution in [1.82, 2.24) is 5.32 Å². The van der Waals surface area contributed by atoms with Gasteiger partial charge in [-0.2, -0.15) is 0 Å². The van der Waals surface area contributed by atoms with Crippen molar-refractivity contribution in [2.75, 3.05) is 18.6 Å². The highest BCUT2D eigenvalue weighted by Gasteiger charge is 2.35. The number of methoxy groups -OCH3 is 1. The van der Waals surface area contributed by atoms with Gasteiger partial charge < -0.3 is 15.0 Å². The fraction of sp³-hybridized carbons (Fsp3) is 0.364. The van der Waals surface area contributed by atoms with Crippen LogP contribution in [0.2, 0.25) is 0 Å². The molecule has 2 aromatic rings. The van der Waals surface area contributed by atoms with Gasteiger partial charge in [-0.1, -0.05) is 30.3 Å². The number of carbonyl (C=O) groups is 2. The van der Waals surface area contributed by atoms with Gasteiger partial charge in [-0.25, -0.2) is 0 Å². The lowest BCUT2D eigenvalue weighted by Gasteiger charge is -2.19. The Morgan fingerprint density at radius 2 is 1.89 bits per heavy atom. The van der Waals surface area contributed by atoms with Gasteiger partial charge in [-0.05, 0) is 49.6 Å². The number of nitrogens with one attached hydrogen (secondary N) is 1. The summed E-state index contributed by atoms with van der Waals surface area (Å²) in [6.07, 6.45) is 2.05. The summed E-state index contributed by atoms with van der Waals surface area (Å²) in [5.41, 5.74) is 2.06. The molecule has 0 aromatic heterocycles. The maximum absolute atomic E-state index is 12.6. The Balaban J connectivity index is 1.52. The zero-order valence-corrected chi connectivity index (χ0v) is 15.9. The second-order valence-electron chi connectivity index (χ2n) is 7.04. The average molecular weight is 366 g/mol. The van der Waals surface area contributed by atoms with E-state index in [1.807, 2.05) is 49.4 Å². The van der Waals surface area contributed by atoms with Gasteiger partial charge in [0.2, 0.25) is 11.8 Å². The first kappa shape index (κ1) is 19.0. The van der Waals surface area contributed by atoms with E-state index in [0.29, 0.717) is 6.54 Å². The van der Waals surface area contributed by atoms with E-state index < -0.39 is 0 Å². The molecule has 27 heavy (non-hydrogen) atoms. The van der Waals surface area contributed by atoms with Crippen LogP contribution in [0.1, 0.15) is 25.3 Å². The van der Waals surface area contributed by atoms with Gasteiger partial charge in [-0.3, -0.25) is 9.59 Å². The first-order chi connectivity index (χ1) is 13.1. The number of amides is 2. The van der Waals surface area contributed by atoms with E-state index in [2.05, 4.69) is 17.4 Å². The number of hydrogen-bond acceptors (Lipinski definition) is 3. The van der Waals surface area contributed by atoms with Crippen LogP contribution in [0.5, 0.6) is 5.75 Å². The van der Waals surface area contributed by atoms with Crippen LogP contribution in [0.3, 0.4) is 0 Å². The predicted molar refractivity (Wildman–Crippen MR) is 106 cm³/mol. The van der Waals surface area contributed by atoms with Gasteiger partial charge in [0.05, 0.1) is 13.0 Å². The first-order valence-corrected chi connectivity index (χ1v) is 9.35. The molecule has 0 radical (unpaired) electrons. The van der Waals surface area contributed by atoms with Crippen LogP contribution in [0, 0.1) is 5.92 Å². The SMILES string of the molecule is COc1ccc(N2C[C@H](C(=O)N[C@H](C)CCc3ccccc3)CC2=O)cc1. The highest BCUT2D eigenvalue weighted by atomic mass is 16.5. The number of rotatable bonds is 7. The van der Waals surface area contributed by atoms with E-state index >= 15 is 0 Å². The molecule has 0 bridgehead atoms. The van der Waals surface area contributed by atoms with Crippen molar-refractivity contribution in [3.05, 3.63) is 60.2 Å². The molecule has 0 spiro atoms. The van der Waals surface area contributed by atoms with Crippen molar-refractivity contribution in [3.8, 4) is 5.75 Å². The summed E-state index contributed by atoms with van der Waals surface area (Å²) in [5.74, 6) is 0.378. The average Bonchev–Trinajstić information content (AvgIpc) is 3.09. The fourth-order valence-electron chi connectivity index (χ4n) is 3.36. The van der Waals surface area contributed by atoms with E-state index in [9.17, 15) is 9.59 Å². The summed E-state index contributed by atoms with van der Waals surface area (Å²) >= 11 is 0. The molecule has 1 fully saturated rings. The number of ether oxygens (including phenoxy) is 1. The number of nitrogens with zero attached hydrogens (tertiary/aromatic N) is 1. The third kappa shape index (κ3) is 4.88. The topological polar surface area (TPSA) is 58.6 Å². The molecule has 0 unspecified atom stereocenters. The van der Waals surface area contributed by atoms with Crippen molar-refractivity contribution >= 4 is 17.5 Å². The van der Waals surface area contributed by atoms with E-state index in [1.54, 1.807) is 12.0 Å². The summed E-state index contributed by atoms with van der Waals surface area (Å²) < 4.78 is 5.15. The van der Waals surface area contributed by atoms with Crippen LogP contribution < -0.4 is 15.0 Å². The van der Waals surface area contributed by atoms with Crippen LogP contribution in [0.4, 0.5) is 5.69 Å². The molecule has 1 heterocycles. The van der Waals surface area contributed by atoms with E-state index in [1.165, 1.54) is 5.56 Å². The predicted octanol–water partition coefficient (Wildman–Crippen LogP) is 3.19. The van der Waals surface area contributed by atoms with Crippen LogP contribution in [-0.4, -0.2) is 31.5 Å². The minimum atomic E-state index is -0.307. The van der Waals surface area contributed by atoms with E-state index in [0.717, 1.165) is 24.3 Å². The molecule has 5 heteroatoms. The zero-order valence-electron chi connectivity index (χ0n) is 15.9. The second-order valence-corrected chi connectivity index (χ2v) is 7.04. The van der Waals surface area contributed by atoms with Gasteiger partial charge in [0.1, 0.15) is 5.75 Å². The monoisotopic (exact) mass is 366 g/mol. The highest BCUT2D eigenvalue weighted by Crippen LogP contribution is 2.27. The Kier molecular flexibility index (Phi) is 6.12. The van der Waals surface area contributed by atoms with Crippen LogP contribution in [-0.2, 0) is 16.0 Å². The third-order valence-electron chi connectivity index (χ3n) is 4.98. The Labute approximate surface area is 160 Å². The van der Waals surface area contributed by atoms with Gasteiger partial charge in [0.25, 0.3) is 0 Å². The lowest BCUT2D eigenvalue weighted by Crippen LogP contribution is -2.38. The Morgan fingerprint density at radius 3 is 2.56 bits per heavy atom. The number of aryl methyl sites for hydroxylation is 1. The van der Waals surface area contributed by atoms with Gasteiger partial charge in [0.15, 0.2) is 0 Å². The minimum Gasteiger partial charge on any atom is -0.497 e. The lowest BCUT2D eigenvalue weighted by molar-refractivity contribution is -0.126. The molecule has 142 valence electrons. The molecule has 2 amide bonds. The number of hydrogen-bond donors (Lipinski definition) is 1. The summed E-state index contributed by atoms with van der Waals surface area (Å²) in [5, 5.41) is 3.07. The Hall–Kier alpha value is -2.82. The van der Waals surface area contributed by atoms with Crippen molar-refractivity contribution in [3.63, 3.8) is 0 Å². The summed E-state index contributed by atoms with van der Waals surface area (Å²) in [4.78, 5) is 26.6. The Bertz CT molecular complexity index is 774. The highest BCUT2D eigenvalue weighted by molar-refractivity contribution is 6.00. The fourth-order valence-corrected chi connectivity index (χ4v) is 3.36. The molecule has 1 aliphatic heterocycles. The normalized spacial score (nSPS) is 17.6. The molecule has 5 nitrogen and oxygen atoms in total. The largest absolute Gasteiger partial charge is 0.497 e. The van der Waals surface area contributed by atoms with Gasteiger partial charge >= 0.3 is 0 Å². The first-order valence-electron chi connectivity index (χ1n) is 9.35. The van der Waals surface area contributed by atoms with E-state index in [-0.39, 0.29) is 30.2 Å². The summed E-state index contributed by atoms with van der Waals surface area (Å²) in [6.45, 7) is 2.43. The molecule has 0 saturated carbocycles. The molecule has 1 N–H and O–H groups in total. The van der Waals surface area contributed by atoms with Crippen LogP contribution in [0.25, 0.3) is 0 Å². The number of benzene rings is 2.